The quantitative estimate of drug-likeness (QED) is 0.101. The SMILES string of the molecule is C/C(=C/C(=O)c1ccccc1)N[C@@H](Cc1ccc(OCCOc2cccc3[nH]c4ccccc4c23)cc1)C(=O)O. The van der Waals surface area contributed by atoms with E-state index < -0.39 is 12.0 Å². The Hall–Kier alpha value is -5.04. The number of carbonyl (C=O) groups is 2. The number of aromatic nitrogens is 1. The molecule has 0 unspecified atom stereocenters. The first-order valence-corrected chi connectivity index (χ1v) is 13.1. The van der Waals surface area contributed by atoms with Gasteiger partial charge in [-0.2, -0.15) is 0 Å². The van der Waals surface area contributed by atoms with E-state index in [0.717, 1.165) is 33.1 Å². The topological polar surface area (TPSA) is 101 Å². The van der Waals surface area contributed by atoms with Crippen LogP contribution in [0.2, 0.25) is 0 Å². The van der Waals surface area contributed by atoms with Crippen LogP contribution in [0.1, 0.15) is 22.8 Å². The number of nitrogens with one attached hydrogen (secondary N) is 2. The minimum atomic E-state index is -0.998. The van der Waals surface area contributed by atoms with Crippen LogP contribution in [0.3, 0.4) is 0 Å². The second-order valence-corrected chi connectivity index (χ2v) is 9.49. The highest BCUT2D eigenvalue weighted by Gasteiger charge is 2.18. The minimum Gasteiger partial charge on any atom is -0.490 e. The van der Waals surface area contributed by atoms with E-state index in [1.165, 1.54) is 6.08 Å². The smallest absolute Gasteiger partial charge is 0.326 e. The summed E-state index contributed by atoms with van der Waals surface area (Å²) in [5.74, 6) is 0.291. The van der Waals surface area contributed by atoms with Crippen molar-refractivity contribution in [3.05, 3.63) is 120 Å². The number of aliphatic carboxylic acids is 1. The number of fused-ring (bicyclic) bond motifs is 3. The maximum absolute atomic E-state index is 12.4. The fourth-order valence-corrected chi connectivity index (χ4v) is 4.66. The molecule has 0 saturated heterocycles. The van der Waals surface area contributed by atoms with Gasteiger partial charge in [-0.05, 0) is 42.8 Å². The number of H-pyrrole nitrogens is 1. The van der Waals surface area contributed by atoms with Crippen molar-refractivity contribution in [2.75, 3.05) is 13.2 Å². The Morgan fingerprint density at radius 2 is 1.55 bits per heavy atom. The molecule has 0 aliphatic rings. The van der Waals surface area contributed by atoms with Crippen molar-refractivity contribution in [2.45, 2.75) is 19.4 Å². The maximum atomic E-state index is 12.4. The zero-order chi connectivity index (χ0) is 27.9. The van der Waals surface area contributed by atoms with Crippen LogP contribution in [-0.4, -0.2) is 41.1 Å². The van der Waals surface area contributed by atoms with Crippen molar-refractivity contribution in [3.63, 3.8) is 0 Å². The number of hydrogen-bond donors (Lipinski definition) is 3. The highest BCUT2D eigenvalue weighted by molar-refractivity contribution is 6.10. The summed E-state index contributed by atoms with van der Waals surface area (Å²) in [5.41, 5.74) is 3.96. The zero-order valence-corrected chi connectivity index (χ0v) is 22.1. The Labute approximate surface area is 232 Å². The van der Waals surface area contributed by atoms with E-state index in [1.54, 1.807) is 31.2 Å². The predicted molar refractivity (Wildman–Crippen MR) is 156 cm³/mol. The molecule has 1 heterocycles. The van der Waals surface area contributed by atoms with Crippen molar-refractivity contribution >= 4 is 33.6 Å². The number of hydrogen-bond acceptors (Lipinski definition) is 5. The lowest BCUT2D eigenvalue weighted by atomic mass is 10.1. The molecule has 0 bridgehead atoms. The number of allylic oxidation sites excluding steroid dienone is 2. The second-order valence-electron chi connectivity index (χ2n) is 9.49. The summed E-state index contributed by atoms with van der Waals surface area (Å²) >= 11 is 0. The van der Waals surface area contributed by atoms with Crippen LogP contribution >= 0.6 is 0 Å². The number of aromatic amines is 1. The van der Waals surface area contributed by atoms with Gasteiger partial charge in [0.2, 0.25) is 0 Å². The molecule has 0 amide bonds. The number of carboxylic acid groups (broad SMARTS) is 1. The first-order chi connectivity index (χ1) is 19.5. The number of ether oxygens (including phenoxy) is 2. The van der Waals surface area contributed by atoms with E-state index in [9.17, 15) is 14.7 Å². The van der Waals surface area contributed by atoms with Gasteiger partial charge in [0.15, 0.2) is 5.78 Å². The van der Waals surface area contributed by atoms with Gasteiger partial charge in [0.25, 0.3) is 0 Å². The van der Waals surface area contributed by atoms with Gasteiger partial charge in [-0.3, -0.25) is 4.79 Å². The summed E-state index contributed by atoms with van der Waals surface area (Å²) < 4.78 is 11.9. The minimum absolute atomic E-state index is 0.182. The molecule has 0 aliphatic carbocycles. The number of rotatable bonds is 12. The summed E-state index contributed by atoms with van der Waals surface area (Å²) in [6.07, 6.45) is 1.67. The lowest BCUT2D eigenvalue weighted by Gasteiger charge is -2.16. The average molecular weight is 535 g/mol. The van der Waals surface area contributed by atoms with Gasteiger partial charge < -0.3 is 24.9 Å². The van der Waals surface area contributed by atoms with E-state index in [0.29, 0.717) is 30.2 Å². The third kappa shape index (κ3) is 6.32. The first-order valence-electron chi connectivity index (χ1n) is 13.1. The van der Waals surface area contributed by atoms with Crippen LogP contribution < -0.4 is 14.8 Å². The maximum Gasteiger partial charge on any atom is 0.326 e. The molecular weight excluding hydrogens is 504 g/mol. The highest BCUT2D eigenvalue weighted by Crippen LogP contribution is 2.32. The van der Waals surface area contributed by atoms with Gasteiger partial charge in [0.1, 0.15) is 30.8 Å². The molecule has 202 valence electrons. The van der Waals surface area contributed by atoms with Gasteiger partial charge in [-0.15, -0.1) is 0 Å². The molecule has 7 heteroatoms. The lowest BCUT2D eigenvalue weighted by Crippen LogP contribution is -2.37. The molecule has 5 rings (SSSR count). The lowest BCUT2D eigenvalue weighted by molar-refractivity contribution is -0.139. The Bertz CT molecular complexity index is 1660. The largest absolute Gasteiger partial charge is 0.490 e. The summed E-state index contributed by atoms with van der Waals surface area (Å²) in [6.45, 7) is 2.42. The van der Waals surface area contributed by atoms with Gasteiger partial charge >= 0.3 is 5.97 Å². The van der Waals surface area contributed by atoms with Crippen LogP contribution in [0.4, 0.5) is 0 Å². The monoisotopic (exact) mass is 534 g/mol. The normalized spacial score (nSPS) is 12.3. The molecule has 1 atom stereocenters. The molecule has 0 saturated carbocycles. The summed E-state index contributed by atoms with van der Waals surface area (Å²) in [5, 5.41) is 14.8. The van der Waals surface area contributed by atoms with Crippen LogP contribution in [-0.2, 0) is 11.2 Å². The molecule has 40 heavy (non-hydrogen) atoms. The van der Waals surface area contributed by atoms with Gasteiger partial charge in [-0.1, -0.05) is 66.7 Å². The molecule has 3 N–H and O–H groups in total. The van der Waals surface area contributed by atoms with Crippen molar-refractivity contribution in [2.24, 2.45) is 0 Å². The Morgan fingerprint density at radius 1 is 0.850 bits per heavy atom. The fraction of sp³-hybridized carbons (Fsp3) is 0.152. The third-order valence-corrected chi connectivity index (χ3v) is 6.57. The van der Waals surface area contributed by atoms with Gasteiger partial charge in [-0.25, -0.2) is 4.79 Å². The van der Waals surface area contributed by atoms with Crippen molar-refractivity contribution < 1.29 is 24.2 Å². The van der Waals surface area contributed by atoms with Gasteiger partial charge in [0.05, 0.1) is 5.52 Å². The summed E-state index contributed by atoms with van der Waals surface area (Å²) in [6, 6.07) is 29.4. The third-order valence-electron chi connectivity index (χ3n) is 6.57. The van der Waals surface area contributed by atoms with Crippen molar-refractivity contribution in [1.29, 1.82) is 0 Å². The molecule has 0 spiro atoms. The van der Waals surface area contributed by atoms with Gasteiger partial charge in [0, 0.05) is 40.0 Å². The van der Waals surface area contributed by atoms with Crippen molar-refractivity contribution in [1.82, 2.24) is 10.3 Å². The molecule has 0 radical (unpaired) electrons. The van der Waals surface area contributed by atoms with E-state index in [4.69, 9.17) is 9.47 Å². The Kier molecular flexibility index (Phi) is 8.11. The van der Waals surface area contributed by atoms with Crippen molar-refractivity contribution in [3.8, 4) is 11.5 Å². The summed E-state index contributed by atoms with van der Waals surface area (Å²) in [7, 11) is 0. The number of benzene rings is 4. The molecule has 7 nitrogen and oxygen atoms in total. The van der Waals surface area contributed by atoms with Crippen LogP contribution in [0.15, 0.2) is 109 Å². The van der Waals surface area contributed by atoms with E-state index in [2.05, 4.69) is 16.4 Å². The first kappa shape index (κ1) is 26.6. The second kappa shape index (κ2) is 12.2. The number of para-hydroxylation sites is 1. The van der Waals surface area contributed by atoms with Crippen LogP contribution in [0.25, 0.3) is 21.8 Å². The number of ketones is 1. The number of carboxylic acids is 1. The predicted octanol–water partition coefficient (Wildman–Crippen LogP) is 6.15. The average Bonchev–Trinajstić information content (AvgIpc) is 3.35. The van der Waals surface area contributed by atoms with E-state index in [1.807, 2.05) is 66.7 Å². The fourth-order valence-electron chi connectivity index (χ4n) is 4.66. The standard InChI is InChI=1S/C33H30N2O5/c1-22(20-30(36)24-8-3-2-4-9-24)34-29(33(37)38)21-23-14-16-25(17-15-23)39-18-19-40-31-13-7-12-28-32(31)26-10-5-6-11-27(26)35-28/h2-17,20,29,34-35H,18-19,21H2,1H3,(H,37,38)/b22-20-/t29-/m0/s1. The molecule has 1 aromatic heterocycles. The molecule has 0 fully saturated rings. The Morgan fingerprint density at radius 3 is 2.33 bits per heavy atom. The molecule has 0 aliphatic heterocycles. The number of carbonyl (C=O) groups excluding carboxylic acids is 1. The van der Waals surface area contributed by atoms with E-state index in [-0.39, 0.29) is 12.2 Å². The highest BCUT2D eigenvalue weighted by atomic mass is 16.5. The molecular formula is C33H30N2O5. The van der Waals surface area contributed by atoms with Crippen LogP contribution in [0, 0.1) is 0 Å². The van der Waals surface area contributed by atoms with E-state index >= 15 is 0 Å². The van der Waals surface area contributed by atoms with Crippen LogP contribution in [0.5, 0.6) is 11.5 Å². The summed E-state index contributed by atoms with van der Waals surface area (Å²) in [4.78, 5) is 27.7. The Balaban J connectivity index is 1.14. The molecule has 5 aromatic rings. The zero-order valence-electron chi connectivity index (χ0n) is 22.1. The molecule has 4 aromatic carbocycles.